The molecule has 0 aromatic rings. The lowest BCUT2D eigenvalue weighted by atomic mass is 9.96. The van der Waals surface area contributed by atoms with Gasteiger partial charge in [0.05, 0.1) is 25.0 Å². The summed E-state index contributed by atoms with van der Waals surface area (Å²) in [7, 11) is 0. The first-order chi connectivity index (χ1) is 13.0. The van der Waals surface area contributed by atoms with Crippen molar-refractivity contribution >= 4 is 24.1 Å². The van der Waals surface area contributed by atoms with Crippen molar-refractivity contribution in [1.82, 2.24) is 9.80 Å². The van der Waals surface area contributed by atoms with Crippen LogP contribution in [0.15, 0.2) is 0 Å². The lowest BCUT2D eigenvalue weighted by molar-refractivity contribution is -0.167. The zero-order chi connectivity index (χ0) is 19.8. The Labute approximate surface area is 158 Å². The second-order valence-electron chi connectivity index (χ2n) is 6.66. The van der Waals surface area contributed by atoms with Crippen LogP contribution in [-0.4, -0.2) is 73.3 Å². The smallest absolute Gasteiger partial charge is 0.409 e. The molecule has 2 amide bonds. The summed E-state index contributed by atoms with van der Waals surface area (Å²) < 4.78 is 15.0. The van der Waals surface area contributed by atoms with Gasteiger partial charge in [-0.1, -0.05) is 0 Å². The zero-order valence-electron chi connectivity index (χ0n) is 16.0. The van der Waals surface area contributed by atoms with Crippen molar-refractivity contribution in [2.24, 2.45) is 11.8 Å². The number of rotatable bonds is 4. The summed E-state index contributed by atoms with van der Waals surface area (Å²) in [6.45, 7) is 5.73. The third-order valence-electron chi connectivity index (χ3n) is 4.91. The van der Waals surface area contributed by atoms with E-state index in [-0.39, 0.29) is 24.0 Å². The maximum atomic E-state index is 12.2. The second kappa shape index (κ2) is 10.1. The van der Waals surface area contributed by atoms with Gasteiger partial charge in [-0.25, -0.2) is 9.59 Å². The number of hydrogen-bond donors (Lipinski definition) is 0. The van der Waals surface area contributed by atoms with Crippen molar-refractivity contribution in [1.29, 1.82) is 0 Å². The molecule has 9 nitrogen and oxygen atoms in total. The molecule has 0 unspecified atom stereocenters. The lowest BCUT2D eigenvalue weighted by Gasteiger charge is -2.31. The van der Waals surface area contributed by atoms with Crippen LogP contribution in [0, 0.1) is 11.8 Å². The van der Waals surface area contributed by atoms with Gasteiger partial charge in [0.15, 0.2) is 0 Å². The molecule has 27 heavy (non-hydrogen) atoms. The SMILES string of the molecule is CCOC(=O)N1CCC(C(=O)OC(=O)C2CCN(C(=O)OCC)CC2)CC1. The Balaban J connectivity index is 1.73. The molecule has 2 aliphatic rings. The fourth-order valence-electron chi connectivity index (χ4n) is 3.29. The maximum absolute atomic E-state index is 12.2. The number of carbonyl (C=O) groups is 4. The molecule has 0 saturated carbocycles. The van der Waals surface area contributed by atoms with Gasteiger partial charge in [0, 0.05) is 26.2 Å². The monoisotopic (exact) mass is 384 g/mol. The molecule has 0 radical (unpaired) electrons. The van der Waals surface area contributed by atoms with Gasteiger partial charge >= 0.3 is 24.1 Å². The number of esters is 2. The van der Waals surface area contributed by atoms with Crippen molar-refractivity contribution < 1.29 is 33.4 Å². The van der Waals surface area contributed by atoms with Gasteiger partial charge in [-0.15, -0.1) is 0 Å². The average molecular weight is 384 g/mol. The third kappa shape index (κ3) is 5.83. The Morgan fingerprint density at radius 1 is 0.704 bits per heavy atom. The highest BCUT2D eigenvalue weighted by atomic mass is 16.6. The van der Waals surface area contributed by atoms with E-state index in [1.54, 1.807) is 23.6 Å². The molecule has 2 aliphatic heterocycles. The summed E-state index contributed by atoms with van der Waals surface area (Å²) >= 11 is 0. The molecule has 2 rings (SSSR count). The molecule has 2 heterocycles. The number of likely N-dealkylation sites (tertiary alicyclic amines) is 2. The van der Waals surface area contributed by atoms with Crippen LogP contribution in [0.25, 0.3) is 0 Å². The fourth-order valence-corrected chi connectivity index (χ4v) is 3.29. The molecule has 0 aromatic heterocycles. The normalized spacial score (nSPS) is 18.7. The summed E-state index contributed by atoms with van der Waals surface area (Å²) in [6, 6.07) is 0. The first-order valence-corrected chi connectivity index (χ1v) is 9.55. The molecule has 0 spiro atoms. The van der Waals surface area contributed by atoms with Gasteiger partial charge in [-0.3, -0.25) is 9.59 Å². The molecule has 2 saturated heterocycles. The number of carbonyl (C=O) groups excluding carboxylic acids is 4. The highest BCUT2D eigenvalue weighted by Crippen LogP contribution is 2.23. The van der Waals surface area contributed by atoms with Crippen molar-refractivity contribution in [2.75, 3.05) is 39.4 Å². The number of hydrogen-bond acceptors (Lipinski definition) is 7. The summed E-state index contributed by atoms with van der Waals surface area (Å²) in [5, 5.41) is 0. The predicted molar refractivity (Wildman–Crippen MR) is 93.7 cm³/mol. The minimum absolute atomic E-state index is 0.310. The summed E-state index contributed by atoms with van der Waals surface area (Å²) in [6.07, 6.45) is 1.04. The van der Waals surface area contributed by atoms with E-state index >= 15 is 0 Å². The molecule has 0 N–H and O–H groups in total. The maximum Gasteiger partial charge on any atom is 0.409 e. The van der Waals surface area contributed by atoms with E-state index in [9.17, 15) is 19.2 Å². The lowest BCUT2D eigenvalue weighted by Crippen LogP contribution is -2.43. The van der Waals surface area contributed by atoms with Gasteiger partial charge in [0.1, 0.15) is 0 Å². The predicted octanol–water partition coefficient (Wildman–Crippen LogP) is 1.79. The quantitative estimate of drug-likeness (QED) is 0.414. The van der Waals surface area contributed by atoms with E-state index in [1.165, 1.54) is 0 Å². The Morgan fingerprint density at radius 3 is 1.33 bits per heavy atom. The van der Waals surface area contributed by atoms with E-state index in [0.717, 1.165) is 0 Å². The number of amides is 2. The summed E-state index contributed by atoms with van der Waals surface area (Å²) in [5.74, 6) is -1.84. The molecular weight excluding hydrogens is 356 g/mol. The van der Waals surface area contributed by atoms with E-state index in [0.29, 0.717) is 65.1 Å². The first-order valence-electron chi connectivity index (χ1n) is 9.55. The van der Waals surface area contributed by atoms with Crippen LogP contribution in [0.3, 0.4) is 0 Å². The van der Waals surface area contributed by atoms with Crippen molar-refractivity contribution in [3.63, 3.8) is 0 Å². The highest BCUT2D eigenvalue weighted by Gasteiger charge is 2.34. The Bertz CT molecular complexity index is 502. The Kier molecular flexibility index (Phi) is 7.87. The Hall–Kier alpha value is -2.32. The van der Waals surface area contributed by atoms with Gasteiger partial charge in [-0.05, 0) is 39.5 Å². The average Bonchev–Trinajstić information content (AvgIpc) is 2.68. The van der Waals surface area contributed by atoms with Crippen LogP contribution in [0.4, 0.5) is 9.59 Å². The van der Waals surface area contributed by atoms with E-state index in [2.05, 4.69) is 0 Å². The zero-order valence-corrected chi connectivity index (χ0v) is 16.0. The van der Waals surface area contributed by atoms with Gasteiger partial charge in [0.2, 0.25) is 0 Å². The molecule has 0 aliphatic carbocycles. The van der Waals surface area contributed by atoms with Crippen LogP contribution in [0.2, 0.25) is 0 Å². The van der Waals surface area contributed by atoms with Crippen molar-refractivity contribution in [3.8, 4) is 0 Å². The van der Waals surface area contributed by atoms with Gasteiger partial charge in [0.25, 0.3) is 0 Å². The summed E-state index contributed by atoms with van der Waals surface area (Å²) in [5.41, 5.74) is 0. The van der Waals surface area contributed by atoms with Crippen LogP contribution in [0.5, 0.6) is 0 Å². The minimum atomic E-state index is -0.531. The van der Waals surface area contributed by atoms with Crippen LogP contribution in [-0.2, 0) is 23.8 Å². The molecular formula is C18H28N2O7. The molecule has 9 heteroatoms. The largest absolute Gasteiger partial charge is 0.450 e. The first kappa shape index (κ1) is 21.0. The molecule has 0 atom stereocenters. The standard InChI is InChI=1S/C18H28N2O7/c1-3-25-17(23)19-9-5-13(6-10-19)15(21)27-16(22)14-7-11-20(12-8-14)18(24)26-4-2/h13-14H,3-12H2,1-2H3. The number of piperidine rings is 2. The molecule has 2 fully saturated rings. The second-order valence-corrected chi connectivity index (χ2v) is 6.66. The fraction of sp³-hybridized carbons (Fsp3) is 0.778. The highest BCUT2D eigenvalue weighted by molar-refractivity contribution is 5.88. The van der Waals surface area contributed by atoms with Gasteiger partial charge in [-0.2, -0.15) is 0 Å². The van der Waals surface area contributed by atoms with Gasteiger partial charge < -0.3 is 24.0 Å². The van der Waals surface area contributed by atoms with Crippen LogP contribution >= 0.6 is 0 Å². The van der Waals surface area contributed by atoms with E-state index in [1.807, 2.05) is 0 Å². The van der Waals surface area contributed by atoms with E-state index in [4.69, 9.17) is 14.2 Å². The summed E-state index contributed by atoms with van der Waals surface area (Å²) in [4.78, 5) is 51.0. The topological polar surface area (TPSA) is 102 Å². The van der Waals surface area contributed by atoms with E-state index < -0.39 is 11.9 Å². The van der Waals surface area contributed by atoms with Crippen molar-refractivity contribution in [3.05, 3.63) is 0 Å². The molecule has 0 bridgehead atoms. The molecule has 152 valence electrons. The third-order valence-corrected chi connectivity index (χ3v) is 4.91. The van der Waals surface area contributed by atoms with Crippen LogP contribution in [0.1, 0.15) is 39.5 Å². The number of nitrogens with zero attached hydrogens (tertiary/aromatic N) is 2. The van der Waals surface area contributed by atoms with Crippen molar-refractivity contribution in [2.45, 2.75) is 39.5 Å². The van der Waals surface area contributed by atoms with Crippen LogP contribution < -0.4 is 0 Å². The molecule has 0 aromatic carbocycles. The Morgan fingerprint density at radius 2 is 1.04 bits per heavy atom. The minimum Gasteiger partial charge on any atom is -0.450 e. The number of ether oxygens (including phenoxy) is 3.